The molecule has 3 aromatic rings. The molecule has 0 bridgehead atoms. The maximum absolute atomic E-state index is 13.0. The summed E-state index contributed by atoms with van der Waals surface area (Å²) in [6.07, 6.45) is 1.21. The van der Waals surface area contributed by atoms with Crippen LogP contribution in [0.5, 0.6) is 0 Å². The molecule has 136 valence electrons. The Morgan fingerprint density at radius 2 is 1.92 bits per heavy atom. The van der Waals surface area contributed by atoms with Gasteiger partial charge in [0.2, 0.25) is 5.91 Å². The largest absolute Gasteiger partial charge is 0.348 e. The van der Waals surface area contributed by atoms with E-state index in [2.05, 4.69) is 10.4 Å². The number of aromatic nitrogens is 3. The lowest BCUT2D eigenvalue weighted by atomic mass is 10.1. The van der Waals surface area contributed by atoms with E-state index in [1.54, 1.807) is 6.92 Å². The predicted octanol–water partition coefficient (Wildman–Crippen LogP) is 3.80. The van der Waals surface area contributed by atoms with Crippen LogP contribution in [0.3, 0.4) is 0 Å². The van der Waals surface area contributed by atoms with Crippen LogP contribution in [0.4, 0.5) is 8.78 Å². The van der Waals surface area contributed by atoms with Gasteiger partial charge in [-0.3, -0.25) is 9.48 Å². The summed E-state index contributed by atoms with van der Waals surface area (Å²) >= 11 is 0. The van der Waals surface area contributed by atoms with E-state index in [-0.39, 0.29) is 24.2 Å². The van der Waals surface area contributed by atoms with Crippen molar-refractivity contribution in [2.45, 2.75) is 32.9 Å². The molecular weight excluding hydrogens is 338 g/mol. The number of rotatable bonds is 6. The monoisotopic (exact) mass is 358 g/mol. The molecule has 5 nitrogen and oxygen atoms in total. The molecule has 2 heterocycles. The molecule has 0 aliphatic carbocycles. The highest BCUT2D eigenvalue weighted by Gasteiger charge is 2.18. The molecule has 1 unspecified atom stereocenters. The summed E-state index contributed by atoms with van der Waals surface area (Å²) in [5, 5.41) is 6.81. The van der Waals surface area contributed by atoms with E-state index in [0.717, 1.165) is 15.9 Å². The Kier molecular flexibility index (Phi) is 5.16. The number of hydrogen-bond donors (Lipinski definition) is 1. The molecule has 1 N–H and O–H groups in total. The lowest BCUT2D eigenvalue weighted by Crippen LogP contribution is -2.31. The summed E-state index contributed by atoms with van der Waals surface area (Å²) < 4.78 is 29.0. The van der Waals surface area contributed by atoms with Crippen LogP contribution in [0, 0.1) is 6.92 Å². The average molecular weight is 358 g/mol. The third kappa shape index (κ3) is 3.99. The molecule has 0 aliphatic rings. The summed E-state index contributed by atoms with van der Waals surface area (Å²) in [4.78, 5) is 12.3. The van der Waals surface area contributed by atoms with Gasteiger partial charge in [-0.15, -0.1) is 0 Å². The number of hydrogen-bond acceptors (Lipinski definition) is 2. The van der Waals surface area contributed by atoms with Crippen molar-refractivity contribution < 1.29 is 13.6 Å². The van der Waals surface area contributed by atoms with E-state index < -0.39 is 6.43 Å². The van der Waals surface area contributed by atoms with E-state index in [4.69, 9.17) is 0 Å². The molecule has 1 atom stereocenters. The van der Waals surface area contributed by atoms with Gasteiger partial charge in [-0.2, -0.15) is 5.10 Å². The molecule has 0 aliphatic heterocycles. The fourth-order valence-electron chi connectivity index (χ4n) is 2.84. The van der Waals surface area contributed by atoms with Gasteiger partial charge in [0, 0.05) is 18.1 Å². The number of carbonyl (C=O) groups is 1. The van der Waals surface area contributed by atoms with Gasteiger partial charge in [0.1, 0.15) is 12.2 Å². The zero-order chi connectivity index (χ0) is 18.7. The summed E-state index contributed by atoms with van der Waals surface area (Å²) in [7, 11) is 0. The second-order valence-corrected chi connectivity index (χ2v) is 6.14. The number of nitrogens with one attached hydrogen (secondary N) is 1. The molecular formula is C19H20F2N4O. The molecule has 0 saturated heterocycles. The Bertz CT molecular complexity index is 887. The van der Waals surface area contributed by atoms with Crippen LogP contribution in [0.15, 0.2) is 54.9 Å². The van der Waals surface area contributed by atoms with Crippen molar-refractivity contribution in [1.29, 1.82) is 0 Å². The van der Waals surface area contributed by atoms with E-state index >= 15 is 0 Å². The zero-order valence-electron chi connectivity index (χ0n) is 14.6. The van der Waals surface area contributed by atoms with E-state index in [9.17, 15) is 13.6 Å². The molecule has 2 aromatic heterocycles. The molecule has 0 radical (unpaired) electrons. The molecule has 26 heavy (non-hydrogen) atoms. The van der Waals surface area contributed by atoms with Crippen LogP contribution >= 0.6 is 0 Å². The van der Waals surface area contributed by atoms with Gasteiger partial charge in [-0.05, 0) is 49.7 Å². The summed E-state index contributed by atoms with van der Waals surface area (Å²) in [6, 6.07) is 12.7. The van der Waals surface area contributed by atoms with E-state index in [0.29, 0.717) is 5.69 Å². The minimum absolute atomic E-state index is 0.241. The highest BCUT2D eigenvalue weighted by atomic mass is 19.3. The molecule has 7 heteroatoms. The highest BCUT2D eigenvalue weighted by molar-refractivity contribution is 5.76. The SMILES string of the molecule is Cc1cc(C(F)F)n(CC(=O)NC(C)c2cccc(-n3cccc3)c2)n1. The summed E-state index contributed by atoms with van der Waals surface area (Å²) in [5.41, 5.74) is 2.12. The number of nitrogens with zero attached hydrogens (tertiary/aromatic N) is 3. The molecule has 3 rings (SSSR count). The standard InChI is InChI=1S/C19H20F2N4O/c1-13-10-17(19(20)21)25(23-13)12-18(26)22-14(2)15-6-5-7-16(11-15)24-8-3-4-9-24/h3-11,14,19H,12H2,1-2H3,(H,22,26). The second kappa shape index (κ2) is 7.51. The Balaban J connectivity index is 1.69. The van der Waals surface area contributed by atoms with Gasteiger partial charge in [0.05, 0.1) is 11.7 Å². The van der Waals surface area contributed by atoms with Crippen LogP contribution in [-0.4, -0.2) is 20.3 Å². The fourth-order valence-corrected chi connectivity index (χ4v) is 2.84. The third-order valence-electron chi connectivity index (χ3n) is 4.10. The number of benzene rings is 1. The van der Waals surface area contributed by atoms with Crippen LogP contribution in [0.1, 0.15) is 36.3 Å². The van der Waals surface area contributed by atoms with Crippen molar-refractivity contribution in [2.24, 2.45) is 0 Å². The first-order valence-corrected chi connectivity index (χ1v) is 8.29. The topological polar surface area (TPSA) is 51.9 Å². The first-order valence-electron chi connectivity index (χ1n) is 8.29. The zero-order valence-corrected chi connectivity index (χ0v) is 14.6. The number of aryl methyl sites for hydroxylation is 1. The minimum Gasteiger partial charge on any atom is -0.348 e. The minimum atomic E-state index is -2.67. The van der Waals surface area contributed by atoms with Crippen molar-refractivity contribution in [3.8, 4) is 5.69 Å². The maximum Gasteiger partial charge on any atom is 0.280 e. The van der Waals surface area contributed by atoms with Crippen LogP contribution < -0.4 is 5.32 Å². The lowest BCUT2D eigenvalue weighted by molar-refractivity contribution is -0.122. The first-order chi connectivity index (χ1) is 12.4. The smallest absolute Gasteiger partial charge is 0.280 e. The number of carbonyl (C=O) groups excluding carboxylic acids is 1. The molecule has 1 amide bonds. The van der Waals surface area contributed by atoms with Crippen LogP contribution in [0.2, 0.25) is 0 Å². The Morgan fingerprint density at radius 3 is 2.62 bits per heavy atom. The molecule has 0 saturated carbocycles. The molecule has 1 aromatic carbocycles. The lowest BCUT2D eigenvalue weighted by Gasteiger charge is -2.16. The summed E-state index contributed by atoms with van der Waals surface area (Å²) in [5.74, 6) is -0.367. The van der Waals surface area contributed by atoms with Gasteiger partial charge in [-0.1, -0.05) is 12.1 Å². The van der Waals surface area contributed by atoms with Crippen molar-refractivity contribution in [1.82, 2.24) is 19.7 Å². The highest BCUT2D eigenvalue weighted by Crippen LogP contribution is 2.20. The Labute approximate surface area is 150 Å². The number of alkyl halides is 2. The van der Waals surface area contributed by atoms with Gasteiger partial charge < -0.3 is 9.88 Å². The summed E-state index contributed by atoms with van der Waals surface area (Å²) in [6.45, 7) is 3.24. The number of halogens is 2. The van der Waals surface area contributed by atoms with Crippen LogP contribution in [-0.2, 0) is 11.3 Å². The second-order valence-electron chi connectivity index (χ2n) is 6.14. The van der Waals surface area contributed by atoms with E-state index in [1.165, 1.54) is 6.07 Å². The van der Waals surface area contributed by atoms with Crippen molar-refractivity contribution in [3.05, 3.63) is 71.8 Å². The van der Waals surface area contributed by atoms with Crippen molar-refractivity contribution >= 4 is 5.91 Å². The third-order valence-corrected chi connectivity index (χ3v) is 4.10. The average Bonchev–Trinajstić information content (AvgIpc) is 3.24. The molecule has 0 fully saturated rings. The van der Waals surface area contributed by atoms with Gasteiger partial charge >= 0.3 is 0 Å². The maximum atomic E-state index is 13.0. The van der Waals surface area contributed by atoms with Crippen LogP contribution in [0.25, 0.3) is 5.69 Å². The van der Waals surface area contributed by atoms with E-state index in [1.807, 2.05) is 60.3 Å². The normalized spacial score (nSPS) is 12.3. The Hall–Kier alpha value is -2.96. The quantitative estimate of drug-likeness (QED) is 0.729. The number of amides is 1. The van der Waals surface area contributed by atoms with Gasteiger partial charge in [0.15, 0.2) is 0 Å². The van der Waals surface area contributed by atoms with Gasteiger partial charge in [0.25, 0.3) is 6.43 Å². The van der Waals surface area contributed by atoms with Crippen molar-refractivity contribution in [3.63, 3.8) is 0 Å². The fraction of sp³-hybridized carbons (Fsp3) is 0.263. The molecule has 0 spiro atoms. The van der Waals surface area contributed by atoms with Gasteiger partial charge in [-0.25, -0.2) is 8.78 Å². The Morgan fingerprint density at radius 1 is 1.19 bits per heavy atom. The van der Waals surface area contributed by atoms with Crippen molar-refractivity contribution in [2.75, 3.05) is 0 Å². The predicted molar refractivity (Wildman–Crippen MR) is 94.2 cm³/mol. The first kappa shape index (κ1) is 17.8.